The first-order valence-corrected chi connectivity index (χ1v) is 6.30. The summed E-state index contributed by atoms with van der Waals surface area (Å²) < 4.78 is 10.7. The summed E-state index contributed by atoms with van der Waals surface area (Å²) in [5.74, 6) is 0.408. The topological polar surface area (TPSA) is 63.7 Å². The van der Waals surface area contributed by atoms with Gasteiger partial charge in [-0.15, -0.1) is 0 Å². The van der Waals surface area contributed by atoms with E-state index in [1.165, 1.54) is 7.11 Å². The van der Waals surface area contributed by atoms with Gasteiger partial charge in [-0.05, 0) is 26.0 Å². The van der Waals surface area contributed by atoms with Crippen LogP contribution in [0.2, 0.25) is 0 Å². The highest BCUT2D eigenvalue weighted by atomic mass is 16.5. The molecular formula is C13H19N3O3. The molecule has 0 spiro atoms. The number of hydrogen-bond donors (Lipinski definition) is 1. The van der Waals surface area contributed by atoms with Gasteiger partial charge in [0.05, 0.1) is 19.3 Å². The van der Waals surface area contributed by atoms with E-state index in [4.69, 9.17) is 9.47 Å². The largest absolute Gasteiger partial charge is 0.480 e. The molecule has 19 heavy (non-hydrogen) atoms. The molecule has 1 aliphatic rings. The van der Waals surface area contributed by atoms with E-state index in [1.54, 1.807) is 23.2 Å². The number of hydrogen-bond acceptors (Lipinski definition) is 4. The van der Waals surface area contributed by atoms with Crippen molar-refractivity contribution in [1.82, 2.24) is 9.88 Å². The van der Waals surface area contributed by atoms with Crippen LogP contribution in [0.4, 0.5) is 10.5 Å². The predicted molar refractivity (Wildman–Crippen MR) is 71.4 cm³/mol. The van der Waals surface area contributed by atoms with Crippen LogP contribution in [0.3, 0.4) is 0 Å². The molecule has 6 nitrogen and oxygen atoms in total. The molecule has 104 valence electrons. The molecule has 0 bridgehead atoms. The predicted octanol–water partition coefficient (Wildman–Crippen LogP) is 1.73. The van der Waals surface area contributed by atoms with Crippen molar-refractivity contribution in [3.63, 3.8) is 0 Å². The molecule has 2 amide bonds. The number of morpholine rings is 1. The first-order valence-electron chi connectivity index (χ1n) is 6.30. The molecule has 1 aromatic rings. The fraction of sp³-hybridized carbons (Fsp3) is 0.538. The van der Waals surface area contributed by atoms with Crippen LogP contribution < -0.4 is 10.1 Å². The third kappa shape index (κ3) is 3.35. The highest BCUT2D eigenvalue weighted by Gasteiger charge is 2.26. The van der Waals surface area contributed by atoms with Crippen molar-refractivity contribution in [1.29, 1.82) is 0 Å². The van der Waals surface area contributed by atoms with E-state index in [9.17, 15) is 4.79 Å². The maximum absolute atomic E-state index is 12.2. The number of carbonyl (C=O) groups excluding carboxylic acids is 1. The van der Waals surface area contributed by atoms with E-state index < -0.39 is 0 Å². The average Bonchev–Trinajstić information content (AvgIpc) is 2.38. The SMILES string of the molecule is COc1ncccc1NC(=O)N1CC(C)OC(C)C1. The van der Waals surface area contributed by atoms with Crippen LogP contribution in [0.25, 0.3) is 0 Å². The third-order valence-electron chi connectivity index (χ3n) is 2.91. The van der Waals surface area contributed by atoms with Crippen molar-refractivity contribution in [2.24, 2.45) is 0 Å². The van der Waals surface area contributed by atoms with Gasteiger partial charge in [0, 0.05) is 19.3 Å². The molecule has 2 rings (SSSR count). The Morgan fingerprint density at radius 3 is 2.79 bits per heavy atom. The lowest BCUT2D eigenvalue weighted by atomic mass is 10.2. The Balaban J connectivity index is 2.04. The summed E-state index contributed by atoms with van der Waals surface area (Å²) in [6.07, 6.45) is 1.71. The van der Waals surface area contributed by atoms with Crippen LogP contribution >= 0.6 is 0 Å². The Hall–Kier alpha value is -1.82. The Morgan fingerprint density at radius 2 is 2.16 bits per heavy atom. The number of amides is 2. The Morgan fingerprint density at radius 1 is 1.47 bits per heavy atom. The van der Waals surface area contributed by atoms with Crippen LogP contribution in [-0.4, -0.2) is 48.3 Å². The van der Waals surface area contributed by atoms with Gasteiger partial charge in [0.25, 0.3) is 0 Å². The van der Waals surface area contributed by atoms with Gasteiger partial charge >= 0.3 is 6.03 Å². The van der Waals surface area contributed by atoms with Gasteiger partial charge in [-0.2, -0.15) is 0 Å². The molecular weight excluding hydrogens is 246 g/mol. The zero-order valence-electron chi connectivity index (χ0n) is 11.4. The first kappa shape index (κ1) is 13.6. The molecule has 2 heterocycles. The summed E-state index contributed by atoms with van der Waals surface area (Å²) in [7, 11) is 1.52. The van der Waals surface area contributed by atoms with Crippen molar-refractivity contribution in [2.45, 2.75) is 26.1 Å². The number of nitrogens with zero attached hydrogens (tertiary/aromatic N) is 2. The number of nitrogens with one attached hydrogen (secondary N) is 1. The third-order valence-corrected chi connectivity index (χ3v) is 2.91. The molecule has 0 aliphatic carbocycles. The molecule has 2 atom stereocenters. The molecule has 2 unspecified atom stereocenters. The average molecular weight is 265 g/mol. The smallest absolute Gasteiger partial charge is 0.322 e. The molecule has 0 saturated carbocycles. The van der Waals surface area contributed by atoms with Crippen molar-refractivity contribution >= 4 is 11.7 Å². The van der Waals surface area contributed by atoms with Gasteiger partial charge in [-0.3, -0.25) is 0 Å². The maximum Gasteiger partial charge on any atom is 0.322 e. The standard InChI is InChI=1S/C13H19N3O3/c1-9-7-16(8-10(2)19-9)13(17)15-11-5-4-6-14-12(11)18-3/h4-6,9-10H,7-8H2,1-3H3,(H,15,17). The van der Waals surface area contributed by atoms with Crippen molar-refractivity contribution in [2.75, 3.05) is 25.5 Å². The summed E-state index contributed by atoms with van der Waals surface area (Å²) in [5.41, 5.74) is 0.571. The monoisotopic (exact) mass is 265 g/mol. The summed E-state index contributed by atoms with van der Waals surface area (Å²) in [6, 6.07) is 3.35. The lowest BCUT2D eigenvalue weighted by Gasteiger charge is -2.35. The molecule has 1 N–H and O–H groups in total. The van der Waals surface area contributed by atoms with E-state index in [2.05, 4.69) is 10.3 Å². The minimum absolute atomic E-state index is 0.0466. The second-order valence-corrected chi connectivity index (χ2v) is 4.65. The Kier molecular flexibility index (Phi) is 4.21. The van der Waals surface area contributed by atoms with Crippen molar-refractivity contribution < 1.29 is 14.3 Å². The van der Waals surface area contributed by atoms with Gasteiger partial charge in [-0.25, -0.2) is 9.78 Å². The van der Waals surface area contributed by atoms with Gasteiger partial charge < -0.3 is 19.7 Å². The number of aromatic nitrogens is 1. The fourth-order valence-electron chi connectivity index (χ4n) is 2.19. The van der Waals surface area contributed by atoms with E-state index in [0.717, 1.165) is 0 Å². The normalized spacial score (nSPS) is 23.0. The van der Waals surface area contributed by atoms with Gasteiger partial charge in [0.2, 0.25) is 5.88 Å². The lowest BCUT2D eigenvalue weighted by molar-refractivity contribution is -0.0530. The molecule has 6 heteroatoms. The summed E-state index contributed by atoms with van der Waals surface area (Å²) in [5, 5.41) is 2.82. The minimum Gasteiger partial charge on any atom is -0.480 e. The summed E-state index contributed by atoms with van der Waals surface area (Å²) in [4.78, 5) is 18.0. The van der Waals surface area contributed by atoms with Crippen LogP contribution in [0.1, 0.15) is 13.8 Å². The summed E-state index contributed by atoms with van der Waals surface area (Å²) >= 11 is 0. The number of pyridine rings is 1. The molecule has 1 fully saturated rings. The highest BCUT2D eigenvalue weighted by Crippen LogP contribution is 2.21. The zero-order chi connectivity index (χ0) is 13.8. The molecule has 0 aromatic carbocycles. The number of rotatable bonds is 2. The quantitative estimate of drug-likeness (QED) is 0.884. The number of anilines is 1. The Bertz CT molecular complexity index is 443. The molecule has 0 radical (unpaired) electrons. The first-order chi connectivity index (χ1) is 9.10. The number of carbonyl (C=O) groups is 1. The van der Waals surface area contributed by atoms with Crippen LogP contribution in [-0.2, 0) is 4.74 Å². The number of methoxy groups -OCH3 is 1. The maximum atomic E-state index is 12.2. The number of ether oxygens (including phenoxy) is 2. The van der Waals surface area contributed by atoms with Crippen molar-refractivity contribution in [3.8, 4) is 5.88 Å². The Labute approximate surface area is 112 Å². The van der Waals surface area contributed by atoms with Crippen LogP contribution in [0.15, 0.2) is 18.3 Å². The lowest BCUT2D eigenvalue weighted by Crippen LogP contribution is -2.49. The van der Waals surface area contributed by atoms with E-state index >= 15 is 0 Å². The highest BCUT2D eigenvalue weighted by molar-refractivity contribution is 5.90. The zero-order valence-corrected chi connectivity index (χ0v) is 11.4. The van der Waals surface area contributed by atoms with Gasteiger partial charge in [0.1, 0.15) is 5.69 Å². The van der Waals surface area contributed by atoms with Gasteiger partial charge in [-0.1, -0.05) is 0 Å². The van der Waals surface area contributed by atoms with E-state index in [-0.39, 0.29) is 18.2 Å². The van der Waals surface area contributed by atoms with Crippen LogP contribution in [0, 0.1) is 0 Å². The summed E-state index contributed by atoms with van der Waals surface area (Å²) in [6.45, 7) is 5.08. The van der Waals surface area contributed by atoms with E-state index in [0.29, 0.717) is 24.7 Å². The van der Waals surface area contributed by atoms with Gasteiger partial charge in [0.15, 0.2) is 0 Å². The minimum atomic E-state index is -0.159. The molecule has 1 saturated heterocycles. The number of urea groups is 1. The van der Waals surface area contributed by atoms with E-state index in [1.807, 2.05) is 13.8 Å². The van der Waals surface area contributed by atoms with Crippen LogP contribution in [0.5, 0.6) is 5.88 Å². The second-order valence-electron chi connectivity index (χ2n) is 4.65. The molecule has 1 aliphatic heterocycles. The fourth-order valence-corrected chi connectivity index (χ4v) is 2.19. The molecule has 1 aromatic heterocycles. The second kappa shape index (κ2) is 5.88. The van der Waals surface area contributed by atoms with Crippen molar-refractivity contribution in [3.05, 3.63) is 18.3 Å².